The first-order valence-corrected chi connectivity index (χ1v) is 8.35. The maximum Gasteiger partial charge on any atom is 0.255 e. The molecule has 3 heterocycles. The fourth-order valence-electron chi connectivity index (χ4n) is 2.26. The normalized spacial score (nSPS) is 10.6. The largest absolute Gasteiger partial charge is 0.437 e. The second kappa shape index (κ2) is 6.66. The molecule has 3 aromatic heterocycles. The van der Waals surface area contributed by atoms with E-state index in [1.54, 1.807) is 48.8 Å². The van der Waals surface area contributed by atoms with Crippen molar-refractivity contribution in [3.05, 3.63) is 72.1 Å². The molecule has 0 radical (unpaired) electrons. The second-order valence-electron chi connectivity index (χ2n) is 5.14. The zero-order valence-corrected chi connectivity index (χ0v) is 13.7. The van der Waals surface area contributed by atoms with Gasteiger partial charge in [-0.2, -0.15) is 0 Å². The van der Waals surface area contributed by atoms with Crippen molar-refractivity contribution >= 4 is 33.1 Å². The molecular formula is C18H12N4O2S. The number of fused-ring (bicyclic) bond motifs is 1. The van der Waals surface area contributed by atoms with E-state index in [-0.39, 0.29) is 5.91 Å². The van der Waals surface area contributed by atoms with Crippen molar-refractivity contribution in [2.45, 2.75) is 0 Å². The van der Waals surface area contributed by atoms with Crippen LogP contribution in [0.2, 0.25) is 0 Å². The van der Waals surface area contributed by atoms with Crippen LogP contribution in [0.1, 0.15) is 10.4 Å². The number of amides is 1. The monoisotopic (exact) mass is 348 g/mol. The number of rotatable bonds is 4. The first-order chi connectivity index (χ1) is 12.3. The van der Waals surface area contributed by atoms with Crippen LogP contribution in [-0.2, 0) is 0 Å². The Bertz CT molecular complexity index is 1020. The number of aromatic nitrogens is 3. The second-order valence-corrected chi connectivity index (χ2v) is 6.05. The standard InChI is InChI=1S/C18H12N4O2S/c23-17(22-13-2-1-8-19-10-13)12-3-5-14(6-4-12)24-18-16-15(7-9-25-16)20-11-21-18/h1-11H,(H,22,23). The van der Waals surface area contributed by atoms with Gasteiger partial charge in [0.1, 0.15) is 16.8 Å². The Labute approximate surface area is 147 Å². The van der Waals surface area contributed by atoms with Gasteiger partial charge in [0.05, 0.1) is 17.4 Å². The summed E-state index contributed by atoms with van der Waals surface area (Å²) in [6.45, 7) is 0. The Hall–Kier alpha value is -3.32. The number of benzene rings is 1. The van der Waals surface area contributed by atoms with Crippen molar-refractivity contribution in [3.63, 3.8) is 0 Å². The van der Waals surface area contributed by atoms with Gasteiger partial charge in [-0.25, -0.2) is 9.97 Å². The zero-order valence-electron chi connectivity index (χ0n) is 12.9. The van der Waals surface area contributed by atoms with E-state index in [0.29, 0.717) is 22.9 Å². The number of hydrogen-bond acceptors (Lipinski definition) is 6. The average Bonchev–Trinajstić information content (AvgIpc) is 3.13. The van der Waals surface area contributed by atoms with E-state index >= 15 is 0 Å². The van der Waals surface area contributed by atoms with E-state index in [1.807, 2.05) is 11.4 Å². The smallest absolute Gasteiger partial charge is 0.255 e. The average molecular weight is 348 g/mol. The minimum absolute atomic E-state index is 0.206. The van der Waals surface area contributed by atoms with Gasteiger partial charge in [0.15, 0.2) is 0 Å². The van der Waals surface area contributed by atoms with Gasteiger partial charge in [0.25, 0.3) is 5.91 Å². The molecule has 25 heavy (non-hydrogen) atoms. The summed E-state index contributed by atoms with van der Waals surface area (Å²) in [5.41, 5.74) is 2.02. The summed E-state index contributed by atoms with van der Waals surface area (Å²) in [6, 6.07) is 12.3. The lowest BCUT2D eigenvalue weighted by molar-refractivity contribution is 0.102. The number of anilines is 1. The highest BCUT2D eigenvalue weighted by molar-refractivity contribution is 7.17. The van der Waals surface area contributed by atoms with Crippen molar-refractivity contribution in [3.8, 4) is 11.6 Å². The van der Waals surface area contributed by atoms with Gasteiger partial charge in [-0.05, 0) is 47.8 Å². The lowest BCUT2D eigenvalue weighted by Gasteiger charge is -2.07. The van der Waals surface area contributed by atoms with E-state index in [0.717, 1.165) is 10.2 Å². The molecule has 7 heteroatoms. The number of ether oxygens (including phenoxy) is 1. The lowest BCUT2D eigenvalue weighted by Crippen LogP contribution is -2.11. The number of hydrogen-bond donors (Lipinski definition) is 1. The third-order valence-electron chi connectivity index (χ3n) is 3.46. The summed E-state index contributed by atoms with van der Waals surface area (Å²) in [7, 11) is 0. The fourth-order valence-corrected chi connectivity index (χ4v) is 3.03. The van der Waals surface area contributed by atoms with E-state index < -0.39 is 0 Å². The Morgan fingerprint density at radius 3 is 2.76 bits per heavy atom. The first-order valence-electron chi connectivity index (χ1n) is 7.47. The van der Waals surface area contributed by atoms with Crippen molar-refractivity contribution in [1.29, 1.82) is 0 Å². The van der Waals surface area contributed by atoms with Crippen molar-refractivity contribution in [2.24, 2.45) is 0 Å². The van der Waals surface area contributed by atoms with Crippen molar-refractivity contribution < 1.29 is 9.53 Å². The summed E-state index contributed by atoms with van der Waals surface area (Å²) < 4.78 is 6.71. The topological polar surface area (TPSA) is 77.0 Å². The maximum absolute atomic E-state index is 12.2. The van der Waals surface area contributed by atoms with Gasteiger partial charge in [-0.15, -0.1) is 11.3 Å². The molecule has 6 nitrogen and oxygen atoms in total. The maximum atomic E-state index is 12.2. The molecule has 0 unspecified atom stereocenters. The molecular weight excluding hydrogens is 336 g/mol. The van der Waals surface area contributed by atoms with E-state index in [4.69, 9.17) is 4.74 Å². The molecule has 1 amide bonds. The molecule has 0 atom stereocenters. The van der Waals surface area contributed by atoms with Crippen LogP contribution in [0.4, 0.5) is 5.69 Å². The highest BCUT2D eigenvalue weighted by atomic mass is 32.1. The summed E-state index contributed by atoms with van der Waals surface area (Å²) in [4.78, 5) is 24.6. The Morgan fingerprint density at radius 1 is 1.08 bits per heavy atom. The van der Waals surface area contributed by atoms with Gasteiger partial charge in [-0.3, -0.25) is 9.78 Å². The SMILES string of the molecule is O=C(Nc1cccnc1)c1ccc(Oc2ncnc3ccsc23)cc1. The van der Waals surface area contributed by atoms with Crippen molar-refractivity contribution in [2.75, 3.05) is 5.32 Å². The molecule has 4 rings (SSSR count). The zero-order chi connectivity index (χ0) is 17.1. The number of nitrogens with zero attached hydrogens (tertiary/aromatic N) is 3. The van der Waals surface area contributed by atoms with Crippen LogP contribution >= 0.6 is 11.3 Å². The molecule has 4 aromatic rings. The Kier molecular flexibility index (Phi) is 4.05. The molecule has 0 spiro atoms. The van der Waals surface area contributed by atoms with Crippen molar-refractivity contribution in [1.82, 2.24) is 15.0 Å². The molecule has 1 N–H and O–H groups in total. The molecule has 0 bridgehead atoms. The van der Waals surface area contributed by atoms with Crippen LogP contribution in [0.15, 0.2) is 66.6 Å². The summed E-state index contributed by atoms with van der Waals surface area (Å²) in [5.74, 6) is 0.904. The molecule has 0 fully saturated rings. The van der Waals surface area contributed by atoms with Gasteiger partial charge in [-0.1, -0.05) is 0 Å². The first kappa shape index (κ1) is 15.2. The van der Waals surface area contributed by atoms with Gasteiger partial charge >= 0.3 is 0 Å². The van der Waals surface area contributed by atoms with Crippen LogP contribution in [0, 0.1) is 0 Å². The third-order valence-corrected chi connectivity index (χ3v) is 4.35. The van der Waals surface area contributed by atoms with Gasteiger partial charge < -0.3 is 10.1 Å². The summed E-state index contributed by atoms with van der Waals surface area (Å²) in [6.07, 6.45) is 4.72. The number of nitrogens with one attached hydrogen (secondary N) is 1. The number of carbonyl (C=O) groups excluding carboxylic acids is 1. The summed E-state index contributed by atoms with van der Waals surface area (Å²) in [5, 5.41) is 4.73. The molecule has 0 saturated carbocycles. The Balaban J connectivity index is 1.50. The van der Waals surface area contributed by atoms with E-state index in [1.165, 1.54) is 17.7 Å². The van der Waals surface area contributed by atoms with Crippen LogP contribution in [0.5, 0.6) is 11.6 Å². The number of pyridine rings is 1. The van der Waals surface area contributed by atoms with E-state index in [9.17, 15) is 4.79 Å². The van der Waals surface area contributed by atoms with Crippen LogP contribution in [-0.4, -0.2) is 20.9 Å². The summed E-state index contributed by atoms with van der Waals surface area (Å²) >= 11 is 1.52. The molecule has 0 aliphatic heterocycles. The van der Waals surface area contributed by atoms with Gasteiger partial charge in [0.2, 0.25) is 5.88 Å². The molecule has 1 aromatic carbocycles. The van der Waals surface area contributed by atoms with Crippen LogP contribution in [0.25, 0.3) is 10.2 Å². The highest BCUT2D eigenvalue weighted by Crippen LogP contribution is 2.30. The minimum Gasteiger partial charge on any atom is -0.437 e. The molecule has 0 aliphatic rings. The molecule has 0 saturated heterocycles. The number of carbonyl (C=O) groups is 1. The predicted molar refractivity (Wildman–Crippen MR) is 96.1 cm³/mol. The Morgan fingerprint density at radius 2 is 1.96 bits per heavy atom. The minimum atomic E-state index is -0.206. The van der Waals surface area contributed by atoms with Crippen LogP contribution < -0.4 is 10.1 Å². The van der Waals surface area contributed by atoms with Crippen LogP contribution in [0.3, 0.4) is 0 Å². The molecule has 0 aliphatic carbocycles. The molecule has 122 valence electrons. The predicted octanol–water partition coefficient (Wildman–Crippen LogP) is 4.13. The van der Waals surface area contributed by atoms with E-state index in [2.05, 4.69) is 20.3 Å². The van der Waals surface area contributed by atoms with Gasteiger partial charge in [0, 0.05) is 11.8 Å². The lowest BCUT2D eigenvalue weighted by atomic mass is 10.2. The highest BCUT2D eigenvalue weighted by Gasteiger charge is 2.09. The third kappa shape index (κ3) is 3.31. The number of thiophene rings is 1. The quantitative estimate of drug-likeness (QED) is 0.600. The fraction of sp³-hybridized carbons (Fsp3) is 0.